The summed E-state index contributed by atoms with van der Waals surface area (Å²) in [6.07, 6.45) is 8.62. The standard InChI is InChI=1S/C17H22N4/c1-2-15-7-6-14(8-16(15)3-1)11-21-12-17(19-20-21)10-18-9-13-4-5-13/h6-8,12-13,18H,1-5,9-11H2. The predicted molar refractivity (Wildman–Crippen MR) is 82.0 cm³/mol. The Morgan fingerprint density at radius 1 is 1.19 bits per heavy atom. The van der Waals surface area contributed by atoms with E-state index in [0.717, 1.165) is 31.2 Å². The number of hydrogen-bond donors (Lipinski definition) is 1. The molecule has 0 saturated heterocycles. The molecule has 2 aromatic rings. The summed E-state index contributed by atoms with van der Waals surface area (Å²) in [5.41, 5.74) is 5.43. The first kappa shape index (κ1) is 13.0. The number of aryl methyl sites for hydroxylation is 2. The summed E-state index contributed by atoms with van der Waals surface area (Å²) in [6.45, 7) is 2.78. The van der Waals surface area contributed by atoms with Crippen LogP contribution in [0.1, 0.15) is 41.6 Å². The van der Waals surface area contributed by atoms with E-state index in [-0.39, 0.29) is 0 Å². The van der Waals surface area contributed by atoms with Gasteiger partial charge in [0.1, 0.15) is 0 Å². The first-order chi connectivity index (χ1) is 10.4. The van der Waals surface area contributed by atoms with Crippen LogP contribution in [-0.4, -0.2) is 21.5 Å². The van der Waals surface area contributed by atoms with Gasteiger partial charge >= 0.3 is 0 Å². The highest BCUT2D eigenvalue weighted by molar-refractivity contribution is 5.35. The van der Waals surface area contributed by atoms with Gasteiger partial charge in [-0.2, -0.15) is 0 Å². The van der Waals surface area contributed by atoms with Crippen LogP contribution in [0, 0.1) is 5.92 Å². The van der Waals surface area contributed by atoms with Crippen molar-refractivity contribution in [1.29, 1.82) is 0 Å². The lowest BCUT2D eigenvalue weighted by atomic mass is 10.1. The quantitative estimate of drug-likeness (QED) is 0.884. The van der Waals surface area contributed by atoms with Crippen molar-refractivity contribution < 1.29 is 0 Å². The highest BCUT2D eigenvalue weighted by Crippen LogP contribution is 2.27. The molecule has 2 aliphatic rings. The summed E-state index contributed by atoms with van der Waals surface area (Å²) in [6, 6.07) is 6.86. The van der Waals surface area contributed by atoms with E-state index < -0.39 is 0 Å². The Kier molecular flexibility index (Phi) is 3.47. The second kappa shape index (κ2) is 5.60. The molecule has 0 atom stereocenters. The largest absolute Gasteiger partial charge is 0.311 e. The van der Waals surface area contributed by atoms with Gasteiger partial charge in [0.15, 0.2) is 0 Å². The molecule has 0 aliphatic heterocycles. The minimum Gasteiger partial charge on any atom is -0.311 e. The van der Waals surface area contributed by atoms with Crippen LogP contribution in [0.4, 0.5) is 0 Å². The zero-order valence-electron chi connectivity index (χ0n) is 12.4. The molecule has 4 rings (SSSR count). The SMILES string of the molecule is c1cc2c(cc1Cn1cc(CNCC3CC3)nn1)CCC2. The average Bonchev–Trinajstić information content (AvgIpc) is 3.01. The van der Waals surface area contributed by atoms with Gasteiger partial charge in [-0.15, -0.1) is 5.10 Å². The van der Waals surface area contributed by atoms with Crippen LogP contribution in [0.25, 0.3) is 0 Å². The van der Waals surface area contributed by atoms with E-state index in [2.05, 4.69) is 40.0 Å². The molecule has 4 heteroatoms. The third kappa shape index (κ3) is 3.16. The summed E-state index contributed by atoms with van der Waals surface area (Å²) in [4.78, 5) is 0. The van der Waals surface area contributed by atoms with Crippen molar-refractivity contribution in [2.45, 2.75) is 45.2 Å². The van der Waals surface area contributed by atoms with Crippen LogP contribution in [-0.2, 0) is 25.9 Å². The lowest BCUT2D eigenvalue weighted by molar-refractivity contribution is 0.627. The molecule has 4 nitrogen and oxygen atoms in total. The van der Waals surface area contributed by atoms with Crippen molar-refractivity contribution in [1.82, 2.24) is 20.3 Å². The van der Waals surface area contributed by atoms with Gasteiger partial charge < -0.3 is 5.32 Å². The minimum absolute atomic E-state index is 0.822. The molecule has 0 radical (unpaired) electrons. The van der Waals surface area contributed by atoms with Crippen molar-refractivity contribution >= 4 is 0 Å². The van der Waals surface area contributed by atoms with Crippen molar-refractivity contribution in [2.75, 3.05) is 6.54 Å². The molecule has 2 aliphatic carbocycles. The number of benzene rings is 1. The number of nitrogens with one attached hydrogen (secondary N) is 1. The summed E-state index contributed by atoms with van der Waals surface area (Å²) >= 11 is 0. The number of rotatable bonds is 6. The third-order valence-electron chi connectivity index (χ3n) is 4.53. The molecule has 1 saturated carbocycles. The average molecular weight is 282 g/mol. The monoisotopic (exact) mass is 282 g/mol. The Morgan fingerprint density at radius 3 is 3.00 bits per heavy atom. The van der Waals surface area contributed by atoms with Gasteiger partial charge in [0.05, 0.1) is 18.4 Å². The molecule has 1 aromatic heterocycles. The van der Waals surface area contributed by atoms with Crippen molar-refractivity contribution in [3.8, 4) is 0 Å². The van der Waals surface area contributed by atoms with E-state index in [0.29, 0.717) is 0 Å². The Balaban J connectivity index is 1.36. The van der Waals surface area contributed by atoms with Gasteiger partial charge in [-0.25, -0.2) is 4.68 Å². The van der Waals surface area contributed by atoms with Gasteiger partial charge in [-0.1, -0.05) is 23.4 Å². The van der Waals surface area contributed by atoms with Crippen LogP contribution in [0.5, 0.6) is 0 Å². The van der Waals surface area contributed by atoms with E-state index in [9.17, 15) is 0 Å². The van der Waals surface area contributed by atoms with Crippen LogP contribution in [0.15, 0.2) is 24.4 Å². The van der Waals surface area contributed by atoms with Gasteiger partial charge in [0.25, 0.3) is 0 Å². The predicted octanol–water partition coefficient (Wildman–Crippen LogP) is 2.31. The molecule has 110 valence electrons. The maximum absolute atomic E-state index is 4.25. The van der Waals surface area contributed by atoms with Crippen molar-refractivity contribution in [3.63, 3.8) is 0 Å². The van der Waals surface area contributed by atoms with Crippen molar-refractivity contribution in [3.05, 3.63) is 46.8 Å². The molecule has 0 bridgehead atoms. The Morgan fingerprint density at radius 2 is 2.10 bits per heavy atom. The molecule has 1 aromatic carbocycles. The molecule has 1 fully saturated rings. The molecule has 0 amide bonds. The maximum atomic E-state index is 4.25. The fourth-order valence-corrected chi connectivity index (χ4v) is 3.13. The van der Waals surface area contributed by atoms with E-state index in [1.807, 2.05) is 4.68 Å². The normalized spacial score (nSPS) is 17.1. The molecular formula is C17H22N4. The molecule has 21 heavy (non-hydrogen) atoms. The summed E-state index contributed by atoms with van der Waals surface area (Å²) in [7, 11) is 0. The number of hydrogen-bond acceptors (Lipinski definition) is 3. The Bertz CT molecular complexity index is 627. The van der Waals surface area contributed by atoms with Gasteiger partial charge in [0.2, 0.25) is 0 Å². The van der Waals surface area contributed by atoms with Crippen molar-refractivity contribution in [2.24, 2.45) is 5.92 Å². The van der Waals surface area contributed by atoms with Crippen LogP contribution < -0.4 is 5.32 Å². The minimum atomic E-state index is 0.822. The van der Waals surface area contributed by atoms with Crippen LogP contribution in [0.3, 0.4) is 0 Å². The molecule has 1 N–H and O–H groups in total. The van der Waals surface area contributed by atoms with Gasteiger partial charge in [0, 0.05) is 6.54 Å². The zero-order valence-corrected chi connectivity index (χ0v) is 12.4. The third-order valence-corrected chi connectivity index (χ3v) is 4.53. The number of nitrogens with zero attached hydrogens (tertiary/aromatic N) is 3. The molecular weight excluding hydrogens is 260 g/mol. The fourth-order valence-electron chi connectivity index (χ4n) is 3.13. The Hall–Kier alpha value is -1.68. The van der Waals surface area contributed by atoms with Gasteiger partial charge in [-0.3, -0.25) is 0 Å². The number of aromatic nitrogens is 3. The fraction of sp³-hybridized carbons (Fsp3) is 0.529. The van der Waals surface area contributed by atoms with E-state index in [4.69, 9.17) is 0 Å². The first-order valence-corrected chi connectivity index (χ1v) is 8.07. The topological polar surface area (TPSA) is 42.7 Å². The summed E-state index contributed by atoms with van der Waals surface area (Å²) in [5.74, 6) is 0.909. The smallest absolute Gasteiger partial charge is 0.0964 e. The van der Waals surface area contributed by atoms with Crippen LogP contribution in [0.2, 0.25) is 0 Å². The summed E-state index contributed by atoms with van der Waals surface area (Å²) < 4.78 is 1.95. The second-order valence-electron chi connectivity index (χ2n) is 6.44. The zero-order chi connectivity index (χ0) is 14.1. The second-order valence-corrected chi connectivity index (χ2v) is 6.44. The highest BCUT2D eigenvalue weighted by Gasteiger charge is 2.20. The van der Waals surface area contributed by atoms with Gasteiger partial charge in [-0.05, 0) is 61.3 Å². The molecule has 1 heterocycles. The lowest BCUT2D eigenvalue weighted by Gasteiger charge is -2.04. The van der Waals surface area contributed by atoms with E-state index >= 15 is 0 Å². The first-order valence-electron chi connectivity index (χ1n) is 8.07. The van der Waals surface area contributed by atoms with E-state index in [1.165, 1.54) is 48.8 Å². The lowest BCUT2D eigenvalue weighted by Crippen LogP contribution is -2.16. The molecule has 0 unspecified atom stereocenters. The van der Waals surface area contributed by atoms with Crippen LogP contribution >= 0.6 is 0 Å². The maximum Gasteiger partial charge on any atom is 0.0964 e. The Labute approximate surface area is 125 Å². The van der Waals surface area contributed by atoms with E-state index in [1.54, 1.807) is 0 Å². The summed E-state index contributed by atoms with van der Waals surface area (Å²) in [5, 5.41) is 12.0. The number of fused-ring (bicyclic) bond motifs is 1. The molecule has 0 spiro atoms. The highest BCUT2D eigenvalue weighted by atomic mass is 15.4.